The van der Waals surface area contributed by atoms with E-state index in [2.05, 4.69) is 12.2 Å². The van der Waals surface area contributed by atoms with E-state index in [9.17, 15) is 0 Å². The summed E-state index contributed by atoms with van der Waals surface area (Å²) in [6, 6.07) is 3.67. The minimum absolute atomic E-state index is 0.248. The number of nitrogen functional groups attached to an aromatic ring is 1. The van der Waals surface area contributed by atoms with Crippen LogP contribution in [0.25, 0.3) is 0 Å². The summed E-state index contributed by atoms with van der Waals surface area (Å²) < 4.78 is 16.0. The molecule has 1 aliphatic heterocycles. The number of rotatable bonds is 5. The molecule has 1 aromatic carbocycles. The van der Waals surface area contributed by atoms with Crippen LogP contribution < -0.4 is 20.5 Å². The second kappa shape index (κ2) is 6.22. The van der Waals surface area contributed by atoms with Gasteiger partial charge in [0.15, 0.2) is 11.5 Å². The molecule has 20 heavy (non-hydrogen) atoms. The Labute approximate surface area is 120 Å². The van der Waals surface area contributed by atoms with Gasteiger partial charge < -0.3 is 25.3 Å². The number of nitrogens with one attached hydrogen (secondary N) is 1. The first-order valence-electron chi connectivity index (χ1n) is 6.91. The topological polar surface area (TPSA) is 65.7 Å². The molecule has 0 bridgehead atoms. The Hall–Kier alpha value is -1.62. The minimum Gasteiger partial charge on any atom is -0.493 e. The molecule has 3 N–H and O–H groups in total. The third-order valence-corrected chi connectivity index (χ3v) is 3.96. The highest BCUT2D eigenvalue weighted by Gasteiger charge is 2.27. The first-order chi connectivity index (χ1) is 9.58. The fraction of sp³-hybridized carbons (Fsp3) is 0.600. The lowest BCUT2D eigenvalue weighted by molar-refractivity contribution is 0.0300. The fourth-order valence-corrected chi connectivity index (χ4v) is 2.40. The molecule has 1 fully saturated rings. The van der Waals surface area contributed by atoms with Crippen molar-refractivity contribution in [3.63, 3.8) is 0 Å². The quantitative estimate of drug-likeness (QED) is 0.811. The SMILES string of the molecule is COc1cc(N)c(NCC2(C)CCOCC2)cc1OC. The average molecular weight is 280 g/mol. The molecule has 0 aliphatic carbocycles. The zero-order valence-corrected chi connectivity index (χ0v) is 12.5. The number of nitrogens with two attached hydrogens (primary N) is 1. The summed E-state index contributed by atoms with van der Waals surface area (Å²) in [5.41, 5.74) is 7.85. The lowest BCUT2D eigenvalue weighted by atomic mass is 9.82. The molecule has 1 heterocycles. The molecule has 0 amide bonds. The lowest BCUT2D eigenvalue weighted by Gasteiger charge is -2.34. The molecule has 0 unspecified atom stereocenters. The Morgan fingerprint density at radius 1 is 1.20 bits per heavy atom. The van der Waals surface area contributed by atoms with Crippen molar-refractivity contribution >= 4 is 11.4 Å². The van der Waals surface area contributed by atoms with Crippen molar-refractivity contribution in [1.82, 2.24) is 0 Å². The van der Waals surface area contributed by atoms with Gasteiger partial charge in [0, 0.05) is 31.9 Å². The number of hydrogen-bond acceptors (Lipinski definition) is 5. The third kappa shape index (κ3) is 3.28. The fourth-order valence-electron chi connectivity index (χ4n) is 2.40. The number of methoxy groups -OCH3 is 2. The van der Waals surface area contributed by atoms with Crippen LogP contribution in [0.5, 0.6) is 11.5 Å². The summed E-state index contributed by atoms with van der Waals surface area (Å²) in [6.07, 6.45) is 2.13. The Kier molecular flexibility index (Phi) is 4.60. The van der Waals surface area contributed by atoms with Crippen LogP contribution in [-0.2, 0) is 4.74 Å². The predicted molar refractivity (Wildman–Crippen MR) is 80.6 cm³/mol. The summed E-state index contributed by atoms with van der Waals surface area (Å²) in [5, 5.41) is 3.43. The van der Waals surface area contributed by atoms with Gasteiger partial charge in [0.25, 0.3) is 0 Å². The van der Waals surface area contributed by atoms with Gasteiger partial charge in [-0.15, -0.1) is 0 Å². The predicted octanol–water partition coefficient (Wildman–Crippen LogP) is 2.51. The first-order valence-corrected chi connectivity index (χ1v) is 6.91. The van der Waals surface area contributed by atoms with Crippen LogP contribution >= 0.6 is 0 Å². The molecule has 0 saturated carbocycles. The minimum atomic E-state index is 0.248. The van der Waals surface area contributed by atoms with E-state index in [1.165, 1.54) is 0 Å². The molecule has 1 saturated heterocycles. The third-order valence-electron chi connectivity index (χ3n) is 3.96. The van der Waals surface area contributed by atoms with Gasteiger partial charge in [-0.1, -0.05) is 6.92 Å². The van der Waals surface area contributed by atoms with Crippen LogP contribution in [0, 0.1) is 5.41 Å². The maximum Gasteiger partial charge on any atom is 0.162 e. The molecule has 112 valence electrons. The highest BCUT2D eigenvalue weighted by atomic mass is 16.5. The van der Waals surface area contributed by atoms with Gasteiger partial charge in [0.1, 0.15) is 0 Å². The van der Waals surface area contributed by atoms with Crippen molar-refractivity contribution in [2.45, 2.75) is 19.8 Å². The van der Waals surface area contributed by atoms with E-state index >= 15 is 0 Å². The molecular formula is C15H24N2O3. The van der Waals surface area contributed by atoms with E-state index in [0.29, 0.717) is 17.2 Å². The second-order valence-corrected chi connectivity index (χ2v) is 5.57. The van der Waals surface area contributed by atoms with Crippen LogP contribution in [-0.4, -0.2) is 34.0 Å². The van der Waals surface area contributed by atoms with Crippen molar-refractivity contribution in [3.05, 3.63) is 12.1 Å². The summed E-state index contributed by atoms with van der Waals surface area (Å²) >= 11 is 0. The molecule has 0 atom stereocenters. The first kappa shape index (κ1) is 14.8. The summed E-state index contributed by atoms with van der Waals surface area (Å²) in [6.45, 7) is 4.81. The molecule has 0 aromatic heterocycles. The van der Waals surface area contributed by atoms with E-state index in [0.717, 1.165) is 38.3 Å². The van der Waals surface area contributed by atoms with Gasteiger partial charge in [-0.3, -0.25) is 0 Å². The Morgan fingerprint density at radius 3 is 2.40 bits per heavy atom. The number of hydrogen-bond donors (Lipinski definition) is 2. The Balaban J connectivity index is 2.09. The van der Waals surface area contributed by atoms with Gasteiger partial charge in [-0.2, -0.15) is 0 Å². The van der Waals surface area contributed by atoms with Crippen molar-refractivity contribution in [3.8, 4) is 11.5 Å². The second-order valence-electron chi connectivity index (χ2n) is 5.57. The van der Waals surface area contributed by atoms with Gasteiger partial charge in [-0.25, -0.2) is 0 Å². The summed E-state index contributed by atoms with van der Waals surface area (Å²) in [4.78, 5) is 0. The van der Waals surface area contributed by atoms with E-state index in [1.807, 2.05) is 6.07 Å². The van der Waals surface area contributed by atoms with Crippen LogP contribution in [0.2, 0.25) is 0 Å². The zero-order chi connectivity index (χ0) is 14.6. The van der Waals surface area contributed by atoms with Crippen molar-refractivity contribution in [2.75, 3.05) is 45.0 Å². The smallest absolute Gasteiger partial charge is 0.162 e. The summed E-state index contributed by atoms with van der Waals surface area (Å²) in [5.74, 6) is 1.33. The van der Waals surface area contributed by atoms with E-state index in [4.69, 9.17) is 19.9 Å². The standard InChI is InChI=1S/C15H24N2O3/c1-15(4-6-20-7-5-15)10-17-12-9-14(19-3)13(18-2)8-11(12)16/h8-9,17H,4-7,10,16H2,1-3H3. The van der Waals surface area contributed by atoms with Crippen molar-refractivity contribution < 1.29 is 14.2 Å². The maximum atomic E-state index is 6.06. The molecule has 1 aliphatic rings. The number of benzene rings is 1. The van der Waals surface area contributed by atoms with Crippen LogP contribution in [0.4, 0.5) is 11.4 Å². The van der Waals surface area contributed by atoms with E-state index in [1.54, 1.807) is 20.3 Å². The van der Waals surface area contributed by atoms with Crippen LogP contribution in [0.1, 0.15) is 19.8 Å². The summed E-state index contributed by atoms with van der Waals surface area (Å²) in [7, 11) is 3.23. The zero-order valence-electron chi connectivity index (χ0n) is 12.5. The van der Waals surface area contributed by atoms with Gasteiger partial charge >= 0.3 is 0 Å². The lowest BCUT2D eigenvalue weighted by Crippen LogP contribution is -2.33. The van der Waals surface area contributed by atoms with Gasteiger partial charge in [0.2, 0.25) is 0 Å². The molecule has 2 rings (SSSR count). The molecule has 1 aromatic rings. The molecule has 5 nitrogen and oxygen atoms in total. The number of ether oxygens (including phenoxy) is 3. The number of anilines is 2. The van der Waals surface area contributed by atoms with E-state index < -0.39 is 0 Å². The maximum absolute atomic E-state index is 6.06. The Bertz CT molecular complexity index is 457. The largest absolute Gasteiger partial charge is 0.493 e. The van der Waals surface area contributed by atoms with Crippen LogP contribution in [0.15, 0.2) is 12.1 Å². The van der Waals surface area contributed by atoms with Crippen molar-refractivity contribution in [1.29, 1.82) is 0 Å². The average Bonchev–Trinajstić information content (AvgIpc) is 2.46. The molecule has 0 spiro atoms. The van der Waals surface area contributed by atoms with Crippen molar-refractivity contribution in [2.24, 2.45) is 5.41 Å². The Morgan fingerprint density at radius 2 is 1.80 bits per heavy atom. The van der Waals surface area contributed by atoms with E-state index in [-0.39, 0.29) is 5.41 Å². The highest BCUT2D eigenvalue weighted by molar-refractivity contribution is 5.72. The van der Waals surface area contributed by atoms with Gasteiger partial charge in [0.05, 0.1) is 25.6 Å². The molecule has 5 heteroatoms. The monoisotopic (exact) mass is 280 g/mol. The molecular weight excluding hydrogens is 256 g/mol. The molecule has 0 radical (unpaired) electrons. The highest BCUT2D eigenvalue weighted by Crippen LogP contribution is 2.36. The normalized spacial score (nSPS) is 17.6. The van der Waals surface area contributed by atoms with Gasteiger partial charge in [-0.05, 0) is 18.3 Å². The van der Waals surface area contributed by atoms with Crippen LogP contribution in [0.3, 0.4) is 0 Å².